The molecule has 0 atom stereocenters. The number of oxazole rings is 1. The molecule has 10 heteroatoms. The highest BCUT2D eigenvalue weighted by molar-refractivity contribution is 8.00. The van der Waals surface area contributed by atoms with Crippen molar-refractivity contribution in [1.29, 1.82) is 0 Å². The number of thiazole rings is 1. The summed E-state index contributed by atoms with van der Waals surface area (Å²) in [4.78, 5) is 20.5. The van der Waals surface area contributed by atoms with E-state index in [-0.39, 0.29) is 6.03 Å². The highest BCUT2D eigenvalue weighted by atomic mass is 32.2. The van der Waals surface area contributed by atoms with E-state index < -0.39 is 0 Å². The smallest absolute Gasteiger partial charge is 0.326 e. The number of thioether (sulfide) groups is 1. The monoisotopic (exact) mass is 378 g/mol. The highest BCUT2D eigenvalue weighted by Gasteiger charge is 2.10. The summed E-state index contributed by atoms with van der Waals surface area (Å²) in [6.45, 7) is 4.66. The standard InChI is InChI=1S/C15H18N6O2S2/c1-3-10-7-16-12(23-10)9-24-13-8-17-15(25-13)20-14(22)19-11-5-6-18-21(11)4-2/h5-8H,3-4,9H2,1-2H3,(H2,17,19,20,22). The molecule has 0 radical (unpaired) electrons. The second kappa shape index (κ2) is 8.17. The maximum Gasteiger partial charge on any atom is 0.326 e. The maximum atomic E-state index is 12.0. The summed E-state index contributed by atoms with van der Waals surface area (Å²) in [6.07, 6.45) is 5.95. The van der Waals surface area contributed by atoms with Gasteiger partial charge in [0.15, 0.2) is 5.13 Å². The lowest BCUT2D eigenvalue weighted by atomic mass is 10.4. The predicted molar refractivity (Wildman–Crippen MR) is 98.1 cm³/mol. The Balaban J connectivity index is 1.51. The first-order chi connectivity index (χ1) is 12.2. The molecule has 0 fully saturated rings. The van der Waals surface area contributed by atoms with Gasteiger partial charge in [0.1, 0.15) is 11.6 Å². The zero-order chi connectivity index (χ0) is 17.6. The lowest BCUT2D eigenvalue weighted by molar-refractivity contribution is 0.262. The van der Waals surface area contributed by atoms with Crippen LogP contribution in [0.5, 0.6) is 0 Å². The summed E-state index contributed by atoms with van der Waals surface area (Å²) in [5.41, 5.74) is 0. The third kappa shape index (κ3) is 4.60. The van der Waals surface area contributed by atoms with Crippen LogP contribution >= 0.6 is 23.1 Å². The van der Waals surface area contributed by atoms with E-state index in [2.05, 4.69) is 25.7 Å². The molecular formula is C15H18N6O2S2. The Kier molecular flexibility index (Phi) is 5.71. The van der Waals surface area contributed by atoms with Gasteiger partial charge in [0.25, 0.3) is 0 Å². The number of carbonyl (C=O) groups is 1. The fourth-order valence-electron chi connectivity index (χ4n) is 2.03. The van der Waals surface area contributed by atoms with Crippen LogP contribution in [0, 0.1) is 0 Å². The van der Waals surface area contributed by atoms with Gasteiger partial charge < -0.3 is 4.42 Å². The Morgan fingerprint density at radius 3 is 2.96 bits per heavy atom. The van der Waals surface area contributed by atoms with E-state index in [0.29, 0.717) is 29.1 Å². The molecule has 3 rings (SSSR count). The van der Waals surface area contributed by atoms with Gasteiger partial charge in [-0.25, -0.2) is 19.4 Å². The Morgan fingerprint density at radius 2 is 2.20 bits per heavy atom. The van der Waals surface area contributed by atoms with Crippen molar-refractivity contribution >= 4 is 40.1 Å². The molecule has 0 saturated heterocycles. The van der Waals surface area contributed by atoms with Gasteiger partial charge in [0.2, 0.25) is 5.89 Å². The first kappa shape index (κ1) is 17.5. The molecule has 0 unspecified atom stereocenters. The van der Waals surface area contributed by atoms with Crippen LogP contribution in [-0.2, 0) is 18.7 Å². The van der Waals surface area contributed by atoms with Crippen LogP contribution < -0.4 is 10.6 Å². The first-order valence-corrected chi connectivity index (χ1v) is 9.60. The van der Waals surface area contributed by atoms with Crippen LogP contribution in [0.3, 0.4) is 0 Å². The van der Waals surface area contributed by atoms with Crippen LogP contribution in [0.2, 0.25) is 0 Å². The van der Waals surface area contributed by atoms with Gasteiger partial charge in [-0.2, -0.15) is 5.10 Å². The van der Waals surface area contributed by atoms with E-state index in [4.69, 9.17) is 4.42 Å². The average molecular weight is 378 g/mol. The van der Waals surface area contributed by atoms with Crippen molar-refractivity contribution in [2.24, 2.45) is 0 Å². The molecule has 25 heavy (non-hydrogen) atoms. The number of aromatic nitrogens is 4. The first-order valence-electron chi connectivity index (χ1n) is 7.80. The number of nitrogens with one attached hydrogen (secondary N) is 2. The second-order valence-corrected chi connectivity index (χ2v) is 7.26. The highest BCUT2D eigenvalue weighted by Crippen LogP contribution is 2.30. The largest absolute Gasteiger partial charge is 0.445 e. The zero-order valence-electron chi connectivity index (χ0n) is 13.9. The predicted octanol–water partition coefficient (Wildman–Crippen LogP) is 3.85. The van der Waals surface area contributed by atoms with Crippen molar-refractivity contribution < 1.29 is 9.21 Å². The fourth-order valence-corrected chi connectivity index (χ4v) is 3.75. The summed E-state index contributed by atoms with van der Waals surface area (Å²) in [7, 11) is 0. The molecule has 2 amide bonds. The molecule has 0 bridgehead atoms. The minimum absolute atomic E-state index is 0.346. The quantitative estimate of drug-likeness (QED) is 0.606. The molecule has 3 aromatic rings. The van der Waals surface area contributed by atoms with Gasteiger partial charge in [0.05, 0.1) is 28.6 Å². The number of rotatable bonds is 7. The van der Waals surface area contributed by atoms with Crippen LogP contribution in [0.25, 0.3) is 0 Å². The minimum Gasteiger partial charge on any atom is -0.445 e. The molecule has 3 aromatic heterocycles. The average Bonchev–Trinajstić information content (AvgIpc) is 3.33. The summed E-state index contributed by atoms with van der Waals surface area (Å²) in [5, 5.41) is 10.1. The van der Waals surface area contributed by atoms with Crippen molar-refractivity contribution in [3.63, 3.8) is 0 Å². The number of urea groups is 1. The second-order valence-electron chi connectivity index (χ2n) is 4.96. The third-order valence-corrected chi connectivity index (χ3v) is 5.34. The number of carbonyl (C=O) groups excluding carboxylic acids is 1. The van der Waals surface area contributed by atoms with E-state index >= 15 is 0 Å². The fraction of sp³-hybridized carbons (Fsp3) is 0.333. The molecule has 0 aliphatic rings. The SMILES string of the molecule is CCc1cnc(CSc2cnc(NC(=O)Nc3ccnn3CC)s2)o1. The topological polar surface area (TPSA) is 97.9 Å². The lowest BCUT2D eigenvalue weighted by Gasteiger charge is -2.06. The maximum absolute atomic E-state index is 12.0. The molecular weight excluding hydrogens is 360 g/mol. The molecule has 0 aliphatic carbocycles. The van der Waals surface area contributed by atoms with Gasteiger partial charge >= 0.3 is 6.03 Å². The van der Waals surface area contributed by atoms with Crippen LogP contribution in [0.15, 0.2) is 33.3 Å². The van der Waals surface area contributed by atoms with Crippen molar-refractivity contribution in [2.45, 2.75) is 36.8 Å². The molecule has 0 saturated carbocycles. The third-order valence-electron chi connectivity index (χ3n) is 3.25. The molecule has 2 N–H and O–H groups in total. The molecule has 0 aromatic carbocycles. The summed E-state index contributed by atoms with van der Waals surface area (Å²) >= 11 is 2.97. The zero-order valence-corrected chi connectivity index (χ0v) is 15.5. The Morgan fingerprint density at radius 1 is 1.32 bits per heavy atom. The van der Waals surface area contributed by atoms with Crippen molar-refractivity contribution in [2.75, 3.05) is 10.6 Å². The normalized spacial score (nSPS) is 10.8. The number of amides is 2. The van der Waals surface area contributed by atoms with E-state index in [0.717, 1.165) is 16.4 Å². The lowest BCUT2D eigenvalue weighted by Crippen LogP contribution is -2.21. The molecule has 0 aliphatic heterocycles. The van der Waals surface area contributed by atoms with Gasteiger partial charge in [-0.3, -0.25) is 10.6 Å². The molecule has 8 nitrogen and oxygen atoms in total. The summed E-state index contributed by atoms with van der Waals surface area (Å²) in [6, 6.07) is 1.40. The number of nitrogens with zero attached hydrogens (tertiary/aromatic N) is 4. The van der Waals surface area contributed by atoms with Crippen molar-refractivity contribution in [1.82, 2.24) is 19.7 Å². The van der Waals surface area contributed by atoms with E-state index in [1.54, 1.807) is 41.1 Å². The van der Waals surface area contributed by atoms with Crippen molar-refractivity contribution in [3.05, 3.63) is 36.3 Å². The molecule has 132 valence electrons. The van der Waals surface area contributed by atoms with E-state index in [1.807, 2.05) is 13.8 Å². The van der Waals surface area contributed by atoms with Gasteiger partial charge in [-0.05, 0) is 6.92 Å². The van der Waals surface area contributed by atoms with Crippen LogP contribution in [-0.4, -0.2) is 25.8 Å². The number of hydrogen-bond donors (Lipinski definition) is 2. The Bertz CT molecular complexity index is 841. The van der Waals surface area contributed by atoms with E-state index in [9.17, 15) is 4.79 Å². The summed E-state index contributed by atoms with van der Waals surface area (Å²) in [5.74, 6) is 2.84. The van der Waals surface area contributed by atoms with Crippen LogP contribution in [0.4, 0.5) is 15.7 Å². The van der Waals surface area contributed by atoms with Gasteiger partial charge in [-0.1, -0.05) is 18.3 Å². The Hall–Kier alpha value is -2.33. The van der Waals surface area contributed by atoms with Crippen molar-refractivity contribution in [3.8, 4) is 0 Å². The van der Waals surface area contributed by atoms with E-state index in [1.165, 1.54) is 11.3 Å². The number of hydrogen-bond acceptors (Lipinski definition) is 7. The number of anilines is 2. The summed E-state index contributed by atoms with van der Waals surface area (Å²) < 4.78 is 8.25. The van der Waals surface area contributed by atoms with Gasteiger partial charge in [0, 0.05) is 19.0 Å². The Labute approximate surface area is 153 Å². The molecule has 0 spiro atoms. The van der Waals surface area contributed by atoms with Crippen LogP contribution in [0.1, 0.15) is 25.5 Å². The number of aryl methyl sites for hydroxylation is 2. The molecule has 3 heterocycles. The minimum atomic E-state index is -0.346. The van der Waals surface area contributed by atoms with Gasteiger partial charge in [-0.15, -0.1) is 11.8 Å².